The standard InChI is InChI=1S/C17H17F3N4O2.ClH/c18-17(19,20)10-4-5-13-14(6-10)22-16(21-13)24-7-9-2-1-3-11(12(9)8-24)15(25)23-26;/h1-3,10,26H,4-8H2,(H,21,22)(H,23,25);1H. The zero-order chi connectivity index (χ0) is 18.5. The molecular formula is C17H18ClF3N4O2. The van der Waals surface area contributed by atoms with Crippen molar-refractivity contribution < 1.29 is 23.2 Å². The summed E-state index contributed by atoms with van der Waals surface area (Å²) in [7, 11) is 0. The molecule has 6 nitrogen and oxygen atoms in total. The Labute approximate surface area is 159 Å². The molecule has 0 saturated heterocycles. The number of hydrogen-bond donors (Lipinski definition) is 3. The molecule has 0 spiro atoms. The molecule has 1 amide bonds. The Hall–Kier alpha value is -2.26. The lowest BCUT2D eigenvalue weighted by molar-refractivity contribution is -0.177. The second-order valence-corrected chi connectivity index (χ2v) is 6.71. The van der Waals surface area contributed by atoms with Gasteiger partial charge in [-0.2, -0.15) is 13.2 Å². The number of rotatable bonds is 2. The first-order valence-electron chi connectivity index (χ1n) is 8.31. The lowest BCUT2D eigenvalue weighted by Gasteiger charge is -2.23. The summed E-state index contributed by atoms with van der Waals surface area (Å²) in [5.74, 6) is -1.40. The van der Waals surface area contributed by atoms with E-state index in [-0.39, 0.29) is 25.2 Å². The highest BCUT2D eigenvalue weighted by molar-refractivity contribution is 5.95. The fourth-order valence-electron chi connectivity index (χ4n) is 3.74. The minimum atomic E-state index is -4.20. The van der Waals surface area contributed by atoms with Gasteiger partial charge in [-0.15, -0.1) is 12.4 Å². The number of H-pyrrole nitrogens is 1. The van der Waals surface area contributed by atoms with E-state index >= 15 is 0 Å². The number of halogens is 4. The maximum Gasteiger partial charge on any atom is 0.392 e. The number of hydroxylamine groups is 1. The molecule has 146 valence electrons. The van der Waals surface area contributed by atoms with Gasteiger partial charge in [0.2, 0.25) is 5.95 Å². The Morgan fingerprint density at radius 1 is 1.33 bits per heavy atom. The van der Waals surface area contributed by atoms with Crippen LogP contribution in [0.2, 0.25) is 0 Å². The average Bonchev–Trinajstić information content (AvgIpc) is 3.22. The molecule has 2 aliphatic rings. The SMILES string of the molecule is Cl.O=C(NO)c1cccc2c1CN(c1nc3c([nH]1)CC(C(F)(F)F)CC3)C2. The van der Waals surface area contributed by atoms with Crippen LogP contribution in [0.15, 0.2) is 18.2 Å². The van der Waals surface area contributed by atoms with Crippen molar-refractivity contribution in [2.45, 2.75) is 38.5 Å². The number of aromatic amines is 1. The highest BCUT2D eigenvalue weighted by Gasteiger charge is 2.42. The Morgan fingerprint density at radius 3 is 2.81 bits per heavy atom. The van der Waals surface area contributed by atoms with Gasteiger partial charge < -0.3 is 9.88 Å². The normalized spacial score (nSPS) is 18.5. The largest absolute Gasteiger partial charge is 0.392 e. The van der Waals surface area contributed by atoms with E-state index in [2.05, 4.69) is 9.97 Å². The summed E-state index contributed by atoms with van der Waals surface area (Å²) >= 11 is 0. The molecule has 0 saturated carbocycles. The quantitative estimate of drug-likeness (QED) is 0.532. The van der Waals surface area contributed by atoms with Crippen molar-refractivity contribution in [2.75, 3.05) is 4.90 Å². The molecule has 2 heterocycles. The predicted octanol–water partition coefficient (Wildman–Crippen LogP) is 3.14. The van der Waals surface area contributed by atoms with Gasteiger partial charge in [0.15, 0.2) is 0 Å². The van der Waals surface area contributed by atoms with E-state index in [0.717, 1.165) is 11.1 Å². The third-order valence-electron chi connectivity index (χ3n) is 5.12. The van der Waals surface area contributed by atoms with Crippen molar-refractivity contribution in [1.29, 1.82) is 0 Å². The number of aromatic nitrogens is 2. The van der Waals surface area contributed by atoms with Crippen LogP contribution >= 0.6 is 12.4 Å². The van der Waals surface area contributed by atoms with Crippen LogP contribution in [-0.2, 0) is 25.9 Å². The van der Waals surface area contributed by atoms with E-state index in [4.69, 9.17) is 5.21 Å². The summed E-state index contributed by atoms with van der Waals surface area (Å²) in [5, 5.41) is 8.88. The van der Waals surface area contributed by atoms with Gasteiger partial charge in [0.1, 0.15) is 0 Å². The average molecular weight is 403 g/mol. The fourth-order valence-corrected chi connectivity index (χ4v) is 3.74. The third-order valence-corrected chi connectivity index (χ3v) is 5.12. The summed E-state index contributed by atoms with van der Waals surface area (Å²) in [4.78, 5) is 21.2. The van der Waals surface area contributed by atoms with Gasteiger partial charge in [0.05, 0.1) is 11.6 Å². The molecule has 1 aliphatic carbocycles. The zero-order valence-electron chi connectivity index (χ0n) is 14.1. The molecule has 1 aromatic carbocycles. The molecule has 1 aromatic heterocycles. The van der Waals surface area contributed by atoms with Crippen molar-refractivity contribution in [1.82, 2.24) is 15.4 Å². The third kappa shape index (κ3) is 3.49. The summed E-state index contributed by atoms with van der Waals surface area (Å²) in [6.07, 6.45) is -3.92. The Bertz CT molecular complexity index is 868. The van der Waals surface area contributed by atoms with E-state index in [1.54, 1.807) is 17.6 Å². The number of hydrogen-bond acceptors (Lipinski definition) is 4. The minimum Gasteiger partial charge on any atom is -0.334 e. The van der Waals surface area contributed by atoms with Crippen molar-refractivity contribution in [2.24, 2.45) is 5.92 Å². The van der Waals surface area contributed by atoms with Gasteiger partial charge in [-0.25, -0.2) is 10.5 Å². The second-order valence-electron chi connectivity index (χ2n) is 6.71. The second kappa shape index (κ2) is 7.05. The first-order valence-corrected chi connectivity index (χ1v) is 8.31. The van der Waals surface area contributed by atoms with Crippen LogP contribution in [0.4, 0.5) is 19.1 Å². The van der Waals surface area contributed by atoms with Crippen LogP contribution in [0.25, 0.3) is 0 Å². The van der Waals surface area contributed by atoms with Crippen molar-refractivity contribution in [3.05, 3.63) is 46.3 Å². The smallest absolute Gasteiger partial charge is 0.334 e. The number of carbonyl (C=O) groups is 1. The lowest BCUT2D eigenvalue weighted by Crippen LogP contribution is -2.28. The summed E-state index contributed by atoms with van der Waals surface area (Å²) < 4.78 is 38.9. The van der Waals surface area contributed by atoms with Crippen LogP contribution in [0.3, 0.4) is 0 Å². The lowest BCUT2D eigenvalue weighted by atomic mass is 9.89. The number of amides is 1. The van der Waals surface area contributed by atoms with E-state index in [9.17, 15) is 18.0 Å². The Balaban J connectivity index is 0.00000210. The molecular weight excluding hydrogens is 385 g/mol. The number of benzene rings is 1. The van der Waals surface area contributed by atoms with Crippen LogP contribution in [0, 0.1) is 5.92 Å². The highest BCUT2D eigenvalue weighted by atomic mass is 35.5. The zero-order valence-corrected chi connectivity index (χ0v) is 15.0. The van der Waals surface area contributed by atoms with Gasteiger partial charge in [-0.05, 0) is 30.0 Å². The first-order chi connectivity index (χ1) is 12.4. The molecule has 1 aliphatic heterocycles. The molecule has 3 N–H and O–H groups in total. The van der Waals surface area contributed by atoms with E-state index < -0.39 is 18.0 Å². The monoisotopic (exact) mass is 402 g/mol. The molecule has 0 bridgehead atoms. The van der Waals surface area contributed by atoms with Crippen LogP contribution in [0.5, 0.6) is 0 Å². The molecule has 27 heavy (non-hydrogen) atoms. The first kappa shape index (κ1) is 19.5. The maximum absolute atomic E-state index is 13.0. The van der Waals surface area contributed by atoms with Crippen LogP contribution < -0.4 is 10.4 Å². The van der Waals surface area contributed by atoms with Gasteiger partial charge in [0.25, 0.3) is 5.91 Å². The van der Waals surface area contributed by atoms with Crippen molar-refractivity contribution in [3.8, 4) is 0 Å². The van der Waals surface area contributed by atoms with E-state index in [1.807, 2.05) is 11.0 Å². The molecule has 0 fully saturated rings. The van der Waals surface area contributed by atoms with Crippen molar-refractivity contribution >= 4 is 24.3 Å². The number of imidazole rings is 1. The van der Waals surface area contributed by atoms with Gasteiger partial charge in [-0.1, -0.05) is 12.1 Å². The van der Waals surface area contributed by atoms with Crippen molar-refractivity contribution in [3.63, 3.8) is 0 Å². The summed E-state index contributed by atoms with van der Waals surface area (Å²) in [5.41, 5.74) is 4.94. The fraction of sp³-hybridized carbons (Fsp3) is 0.412. The predicted molar refractivity (Wildman–Crippen MR) is 93.0 cm³/mol. The number of alkyl halides is 3. The maximum atomic E-state index is 13.0. The van der Waals surface area contributed by atoms with E-state index in [0.29, 0.717) is 42.4 Å². The van der Waals surface area contributed by atoms with Crippen LogP contribution in [-0.4, -0.2) is 27.3 Å². The summed E-state index contributed by atoms with van der Waals surface area (Å²) in [6, 6.07) is 5.23. The molecule has 10 heteroatoms. The Morgan fingerprint density at radius 2 is 2.11 bits per heavy atom. The number of nitrogens with one attached hydrogen (secondary N) is 2. The van der Waals surface area contributed by atoms with Gasteiger partial charge in [-0.3, -0.25) is 10.0 Å². The summed E-state index contributed by atoms with van der Waals surface area (Å²) in [6.45, 7) is 0.894. The number of fused-ring (bicyclic) bond motifs is 2. The van der Waals surface area contributed by atoms with E-state index in [1.165, 1.54) is 0 Å². The number of nitrogens with zero attached hydrogens (tertiary/aromatic N) is 2. The molecule has 0 radical (unpaired) electrons. The Kier molecular flexibility index (Phi) is 5.09. The van der Waals surface area contributed by atoms with Gasteiger partial charge in [0, 0.05) is 30.8 Å². The minimum absolute atomic E-state index is 0. The number of carbonyl (C=O) groups excluding carboxylic acids is 1. The highest BCUT2D eigenvalue weighted by Crippen LogP contribution is 2.38. The number of anilines is 1. The molecule has 1 unspecified atom stereocenters. The van der Waals surface area contributed by atoms with Crippen LogP contribution in [0.1, 0.15) is 39.3 Å². The van der Waals surface area contributed by atoms with Gasteiger partial charge >= 0.3 is 6.18 Å². The molecule has 2 aromatic rings. The number of aryl methyl sites for hydroxylation is 1. The molecule has 4 rings (SSSR count). The topological polar surface area (TPSA) is 81.2 Å². The molecule has 1 atom stereocenters.